The Kier molecular flexibility index (Phi) is 5.15. The van der Waals surface area contributed by atoms with E-state index < -0.39 is 11.7 Å². The Morgan fingerprint density at radius 1 is 1.12 bits per heavy atom. The number of nitrogens with one attached hydrogen (secondary N) is 1. The smallest absolute Gasteiger partial charge is 0.347 e. The van der Waals surface area contributed by atoms with Gasteiger partial charge in [0, 0.05) is 11.7 Å². The summed E-state index contributed by atoms with van der Waals surface area (Å²) < 4.78 is 42.3. The third kappa shape index (κ3) is 3.44. The molecule has 2 saturated carbocycles. The maximum absolute atomic E-state index is 13.6. The van der Waals surface area contributed by atoms with Gasteiger partial charge in [-0.3, -0.25) is 9.36 Å². The van der Waals surface area contributed by atoms with Crippen LogP contribution in [0.4, 0.5) is 13.2 Å². The Morgan fingerprint density at radius 2 is 1.88 bits per heavy atom. The van der Waals surface area contributed by atoms with E-state index in [0.717, 1.165) is 18.9 Å². The van der Waals surface area contributed by atoms with E-state index in [9.17, 15) is 18.0 Å². The van der Waals surface area contributed by atoms with E-state index in [1.165, 1.54) is 31.1 Å². The molecule has 0 aliphatic heterocycles. The number of carbonyl (C=O) groups is 1. The minimum absolute atomic E-state index is 0.0411. The lowest BCUT2D eigenvalue weighted by atomic mass is 9.69. The maximum Gasteiger partial charge on any atom is 0.417 e. The number of carbonyl (C=O) groups excluding carboxylic acids is 1. The highest BCUT2D eigenvalue weighted by Gasteiger charge is 2.61. The molecule has 4 nitrogen and oxygen atoms in total. The van der Waals surface area contributed by atoms with Crippen LogP contribution in [0, 0.1) is 16.7 Å². The van der Waals surface area contributed by atoms with Gasteiger partial charge in [-0.15, -0.1) is 0 Å². The van der Waals surface area contributed by atoms with Gasteiger partial charge in [-0.1, -0.05) is 51.1 Å². The number of imidazole rings is 1. The van der Waals surface area contributed by atoms with Crippen molar-refractivity contribution in [3.05, 3.63) is 72.3 Å². The highest BCUT2D eigenvalue weighted by Crippen LogP contribution is 2.65. The summed E-state index contributed by atoms with van der Waals surface area (Å²) in [7, 11) is 0. The molecule has 34 heavy (non-hydrogen) atoms. The van der Waals surface area contributed by atoms with Crippen LogP contribution >= 0.6 is 0 Å². The van der Waals surface area contributed by atoms with Crippen LogP contribution in [0.1, 0.15) is 56.1 Å². The van der Waals surface area contributed by atoms with Crippen molar-refractivity contribution in [3.63, 3.8) is 0 Å². The number of hydrogen-bond donors (Lipinski definition) is 1. The van der Waals surface area contributed by atoms with Crippen molar-refractivity contribution in [2.24, 2.45) is 16.7 Å². The summed E-state index contributed by atoms with van der Waals surface area (Å²) in [5.41, 5.74) is 0.989. The van der Waals surface area contributed by atoms with Gasteiger partial charge in [-0.2, -0.15) is 13.2 Å². The zero-order valence-corrected chi connectivity index (χ0v) is 19.5. The quantitative estimate of drug-likeness (QED) is 0.476. The Bertz CT molecular complexity index is 1250. The van der Waals surface area contributed by atoms with Crippen molar-refractivity contribution in [2.75, 3.05) is 0 Å². The summed E-state index contributed by atoms with van der Waals surface area (Å²) in [6.07, 6.45) is 1.82. The van der Waals surface area contributed by atoms with Gasteiger partial charge in [0.05, 0.1) is 18.1 Å². The third-order valence-corrected chi connectivity index (χ3v) is 8.64. The molecule has 5 rings (SSSR count). The zero-order chi connectivity index (χ0) is 24.3. The number of nitrogens with zero attached hydrogens (tertiary/aromatic N) is 2. The Morgan fingerprint density at radius 3 is 2.56 bits per heavy atom. The van der Waals surface area contributed by atoms with E-state index in [1.807, 2.05) is 0 Å². The number of alkyl halides is 3. The van der Waals surface area contributed by atoms with Crippen LogP contribution in [0.25, 0.3) is 16.8 Å². The Hall–Kier alpha value is -3.09. The van der Waals surface area contributed by atoms with E-state index >= 15 is 0 Å². The minimum Gasteiger partial charge on any atom is -0.347 e. The van der Waals surface area contributed by atoms with Gasteiger partial charge in [0.1, 0.15) is 5.69 Å². The first kappa shape index (κ1) is 22.7. The van der Waals surface area contributed by atoms with Crippen LogP contribution in [-0.4, -0.2) is 21.5 Å². The number of rotatable bonds is 4. The van der Waals surface area contributed by atoms with Crippen LogP contribution in [0.5, 0.6) is 0 Å². The minimum atomic E-state index is -4.46. The lowest BCUT2D eigenvalue weighted by molar-refractivity contribution is -0.137. The van der Waals surface area contributed by atoms with Crippen molar-refractivity contribution in [3.8, 4) is 16.8 Å². The van der Waals surface area contributed by atoms with Gasteiger partial charge in [-0.05, 0) is 65.3 Å². The van der Waals surface area contributed by atoms with Gasteiger partial charge in [-0.25, -0.2) is 4.98 Å². The predicted molar refractivity (Wildman–Crippen MR) is 124 cm³/mol. The van der Waals surface area contributed by atoms with Gasteiger partial charge in [0.15, 0.2) is 0 Å². The summed E-state index contributed by atoms with van der Waals surface area (Å²) in [4.78, 5) is 17.5. The molecule has 1 heterocycles. The standard InChI is InChI=1S/C27H28F3N3O/c1-25(2)18-11-12-26(25,3)23(14-18)32-24(34)22-15-31-16-33(22)19-8-6-7-17(13-19)20-9-4-5-10-21(20)27(28,29)30/h4-10,13,15-16,18,23H,11-12,14H2,1-3H3,(H,32,34)/t18-,23+,26-/m1/s1. The second-order valence-electron chi connectivity index (χ2n) is 10.4. The zero-order valence-electron chi connectivity index (χ0n) is 19.5. The van der Waals surface area contributed by atoms with Crippen molar-refractivity contribution >= 4 is 5.91 Å². The van der Waals surface area contributed by atoms with Gasteiger partial charge >= 0.3 is 6.18 Å². The molecule has 3 aromatic rings. The van der Waals surface area contributed by atoms with Gasteiger partial charge < -0.3 is 5.32 Å². The number of hydrogen-bond acceptors (Lipinski definition) is 2. The van der Waals surface area contributed by atoms with Crippen LogP contribution in [0.15, 0.2) is 61.1 Å². The van der Waals surface area contributed by atoms with Gasteiger partial charge in [0.25, 0.3) is 5.91 Å². The van der Waals surface area contributed by atoms with Gasteiger partial charge in [0.2, 0.25) is 0 Å². The molecule has 7 heteroatoms. The molecule has 2 aliphatic rings. The second-order valence-corrected chi connectivity index (χ2v) is 10.4. The molecule has 1 N–H and O–H groups in total. The highest BCUT2D eigenvalue weighted by molar-refractivity contribution is 5.93. The molecule has 1 aromatic heterocycles. The average molecular weight is 468 g/mol. The summed E-state index contributed by atoms with van der Waals surface area (Å²) >= 11 is 0. The fraction of sp³-hybridized carbons (Fsp3) is 0.407. The van der Waals surface area contributed by atoms with E-state index in [0.29, 0.717) is 22.9 Å². The fourth-order valence-corrected chi connectivity index (χ4v) is 6.13. The Labute approximate surface area is 197 Å². The molecule has 0 saturated heterocycles. The molecule has 0 spiro atoms. The molecule has 2 fully saturated rings. The van der Waals surface area contributed by atoms with Crippen molar-refractivity contribution in [1.82, 2.24) is 14.9 Å². The maximum atomic E-state index is 13.6. The summed E-state index contributed by atoms with van der Waals surface area (Å²) in [6, 6.07) is 12.3. The molecule has 0 unspecified atom stereocenters. The molecule has 2 aliphatic carbocycles. The molecule has 178 valence electrons. The molecule has 0 radical (unpaired) electrons. The summed E-state index contributed by atoms with van der Waals surface area (Å²) in [5.74, 6) is 0.381. The van der Waals surface area contributed by atoms with E-state index in [1.54, 1.807) is 34.9 Å². The van der Waals surface area contributed by atoms with Crippen molar-refractivity contribution in [2.45, 2.75) is 52.3 Å². The van der Waals surface area contributed by atoms with Crippen LogP contribution in [0.3, 0.4) is 0 Å². The first-order valence-electron chi connectivity index (χ1n) is 11.6. The normalized spacial score (nSPS) is 25.5. The lowest BCUT2D eigenvalue weighted by Gasteiger charge is -2.39. The molecule has 1 amide bonds. The Balaban J connectivity index is 1.45. The third-order valence-electron chi connectivity index (χ3n) is 8.64. The average Bonchev–Trinajstić information content (AvgIpc) is 3.42. The molecular weight excluding hydrogens is 439 g/mol. The molecule has 2 aromatic carbocycles. The van der Waals surface area contributed by atoms with Crippen molar-refractivity contribution in [1.29, 1.82) is 0 Å². The first-order valence-corrected chi connectivity index (χ1v) is 11.6. The van der Waals surface area contributed by atoms with E-state index in [-0.39, 0.29) is 28.3 Å². The van der Waals surface area contributed by atoms with Crippen LogP contribution in [0.2, 0.25) is 0 Å². The number of benzene rings is 2. The number of amides is 1. The molecule has 3 atom stereocenters. The first-order chi connectivity index (χ1) is 16.0. The number of fused-ring (bicyclic) bond motifs is 2. The fourth-order valence-electron chi connectivity index (χ4n) is 6.13. The molecular formula is C27H28F3N3O. The lowest BCUT2D eigenvalue weighted by Crippen LogP contribution is -2.47. The van der Waals surface area contributed by atoms with E-state index in [4.69, 9.17) is 0 Å². The van der Waals surface area contributed by atoms with E-state index in [2.05, 4.69) is 31.1 Å². The van der Waals surface area contributed by atoms with Crippen LogP contribution in [-0.2, 0) is 6.18 Å². The summed E-state index contributed by atoms with van der Waals surface area (Å²) in [5, 5.41) is 3.25. The largest absolute Gasteiger partial charge is 0.417 e. The van der Waals surface area contributed by atoms with Crippen LogP contribution < -0.4 is 5.32 Å². The SMILES string of the molecule is CC1(C)[C@@H]2CC[C@]1(C)[C@@H](NC(=O)c1cncn1-c1cccc(-c3ccccc3C(F)(F)F)c1)C2. The monoisotopic (exact) mass is 467 g/mol. The predicted octanol–water partition coefficient (Wildman–Crippen LogP) is 6.50. The summed E-state index contributed by atoms with van der Waals surface area (Å²) in [6.45, 7) is 6.86. The topological polar surface area (TPSA) is 46.9 Å². The molecule has 2 bridgehead atoms. The number of halogens is 3. The number of aromatic nitrogens is 2. The van der Waals surface area contributed by atoms with Crippen molar-refractivity contribution < 1.29 is 18.0 Å². The highest BCUT2D eigenvalue weighted by atomic mass is 19.4. The second kappa shape index (κ2) is 7.72.